The lowest BCUT2D eigenvalue weighted by Gasteiger charge is -2.19. The van der Waals surface area contributed by atoms with Crippen LogP contribution in [0.4, 0.5) is 5.69 Å². The van der Waals surface area contributed by atoms with Gasteiger partial charge in [-0.3, -0.25) is 9.59 Å². The molecule has 0 spiro atoms. The Morgan fingerprint density at radius 2 is 2.16 bits per heavy atom. The number of aliphatic hydroxyl groups is 1. The molecule has 2 aliphatic heterocycles. The largest absolute Gasteiger partial charge is 0.391 e. The van der Waals surface area contributed by atoms with Crippen molar-refractivity contribution < 1.29 is 14.7 Å². The van der Waals surface area contributed by atoms with E-state index in [9.17, 15) is 14.7 Å². The van der Waals surface area contributed by atoms with Crippen molar-refractivity contribution in [2.75, 3.05) is 11.9 Å². The fraction of sp³-hybridized carbons (Fsp3) is 0.385. The molecule has 1 saturated heterocycles. The van der Waals surface area contributed by atoms with Crippen LogP contribution in [0, 0.1) is 6.92 Å². The van der Waals surface area contributed by atoms with Crippen molar-refractivity contribution in [3.63, 3.8) is 0 Å². The molecule has 1 aromatic carbocycles. The number of rotatable bonds is 0. The molecular formula is C13H13ClN2O3. The number of anilines is 1. The number of aryl methyl sites for hydroxylation is 1. The lowest BCUT2D eigenvalue weighted by Crippen LogP contribution is -2.40. The van der Waals surface area contributed by atoms with Gasteiger partial charge in [-0.2, -0.15) is 0 Å². The average molecular weight is 281 g/mol. The molecule has 3 rings (SSSR count). The zero-order chi connectivity index (χ0) is 13.7. The summed E-state index contributed by atoms with van der Waals surface area (Å²) < 4.78 is 0. The van der Waals surface area contributed by atoms with Crippen LogP contribution in [0.1, 0.15) is 22.3 Å². The molecule has 100 valence electrons. The Balaban J connectivity index is 2.14. The molecule has 0 bridgehead atoms. The molecule has 0 unspecified atom stereocenters. The van der Waals surface area contributed by atoms with E-state index in [1.165, 1.54) is 4.90 Å². The standard InChI is InChI=1S/C13H13ClN2O3/c1-6-2-7(14)3-9-11(6)15-12(18)10-4-8(17)5-16(10)13(9)19/h2-3,8,10,17H,4-5H2,1H3,(H,15,18)/t8-,10+/m1/s1. The van der Waals surface area contributed by atoms with E-state index in [2.05, 4.69) is 5.32 Å². The molecular weight excluding hydrogens is 268 g/mol. The monoisotopic (exact) mass is 280 g/mol. The summed E-state index contributed by atoms with van der Waals surface area (Å²) >= 11 is 5.98. The maximum atomic E-state index is 12.5. The Kier molecular flexibility index (Phi) is 2.76. The molecule has 1 aromatic rings. The zero-order valence-electron chi connectivity index (χ0n) is 10.3. The van der Waals surface area contributed by atoms with Gasteiger partial charge in [0.15, 0.2) is 0 Å². The molecule has 0 saturated carbocycles. The Morgan fingerprint density at radius 1 is 1.42 bits per heavy atom. The quantitative estimate of drug-likeness (QED) is 0.750. The van der Waals surface area contributed by atoms with E-state index in [-0.39, 0.29) is 24.8 Å². The second-order valence-corrected chi connectivity index (χ2v) is 5.43. The molecule has 2 amide bonds. The Morgan fingerprint density at radius 3 is 2.89 bits per heavy atom. The van der Waals surface area contributed by atoms with Crippen LogP contribution in [0.5, 0.6) is 0 Å². The maximum absolute atomic E-state index is 12.5. The van der Waals surface area contributed by atoms with E-state index < -0.39 is 12.1 Å². The number of halogens is 1. The second kappa shape index (κ2) is 4.21. The van der Waals surface area contributed by atoms with Crippen molar-refractivity contribution in [1.82, 2.24) is 4.90 Å². The Hall–Kier alpha value is -1.59. The van der Waals surface area contributed by atoms with Crippen molar-refractivity contribution in [3.05, 3.63) is 28.3 Å². The Labute approximate surface area is 115 Å². The first-order valence-corrected chi connectivity index (χ1v) is 6.45. The van der Waals surface area contributed by atoms with Gasteiger partial charge in [0, 0.05) is 18.0 Å². The fourth-order valence-electron chi connectivity index (χ4n) is 2.73. The number of fused-ring (bicyclic) bond motifs is 2. The van der Waals surface area contributed by atoms with Gasteiger partial charge >= 0.3 is 0 Å². The van der Waals surface area contributed by atoms with Crippen LogP contribution in [0.15, 0.2) is 12.1 Å². The van der Waals surface area contributed by atoms with Crippen LogP contribution in [-0.2, 0) is 4.79 Å². The lowest BCUT2D eigenvalue weighted by molar-refractivity contribution is -0.119. The predicted octanol–water partition coefficient (Wildman–Crippen LogP) is 1.18. The number of hydrogen-bond acceptors (Lipinski definition) is 3. The van der Waals surface area contributed by atoms with Gasteiger partial charge < -0.3 is 15.3 Å². The van der Waals surface area contributed by atoms with E-state index in [0.29, 0.717) is 16.3 Å². The van der Waals surface area contributed by atoms with Crippen LogP contribution in [0.3, 0.4) is 0 Å². The first-order valence-electron chi connectivity index (χ1n) is 6.07. The molecule has 2 N–H and O–H groups in total. The van der Waals surface area contributed by atoms with Gasteiger partial charge in [-0.05, 0) is 24.6 Å². The number of carbonyl (C=O) groups is 2. The molecule has 0 radical (unpaired) electrons. The first-order chi connectivity index (χ1) is 8.97. The molecule has 2 heterocycles. The molecule has 2 aliphatic rings. The summed E-state index contributed by atoms with van der Waals surface area (Å²) in [5, 5.41) is 12.9. The van der Waals surface area contributed by atoms with Gasteiger partial charge in [0.25, 0.3) is 5.91 Å². The molecule has 0 aromatic heterocycles. The van der Waals surface area contributed by atoms with Crippen molar-refractivity contribution in [2.45, 2.75) is 25.5 Å². The van der Waals surface area contributed by atoms with E-state index in [4.69, 9.17) is 11.6 Å². The lowest BCUT2D eigenvalue weighted by atomic mass is 10.1. The number of amides is 2. The first kappa shape index (κ1) is 12.4. The van der Waals surface area contributed by atoms with Crippen molar-refractivity contribution in [1.29, 1.82) is 0 Å². The summed E-state index contributed by atoms with van der Waals surface area (Å²) in [6.45, 7) is 1.98. The summed E-state index contributed by atoms with van der Waals surface area (Å²) in [6.07, 6.45) is -0.375. The van der Waals surface area contributed by atoms with Crippen LogP contribution < -0.4 is 5.32 Å². The van der Waals surface area contributed by atoms with Crippen molar-refractivity contribution in [3.8, 4) is 0 Å². The fourth-order valence-corrected chi connectivity index (χ4v) is 3.00. The van der Waals surface area contributed by atoms with E-state index in [1.807, 2.05) is 0 Å². The SMILES string of the molecule is Cc1cc(Cl)cc2c1NC(=O)[C@@H]1C[C@@H](O)CN1C2=O. The zero-order valence-corrected chi connectivity index (χ0v) is 11.1. The van der Waals surface area contributed by atoms with Gasteiger partial charge in [0.2, 0.25) is 5.91 Å². The van der Waals surface area contributed by atoms with Gasteiger partial charge in [-0.25, -0.2) is 0 Å². The van der Waals surface area contributed by atoms with E-state index in [1.54, 1.807) is 19.1 Å². The van der Waals surface area contributed by atoms with Gasteiger partial charge in [-0.15, -0.1) is 0 Å². The van der Waals surface area contributed by atoms with Crippen LogP contribution in [0.25, 0.3) is 0 Å². The normalized spacial score (nSPS) is 25.7. The smallest absolute Gasteiger partial charge is 0.256 e. The van der Waals surface area contributed by atoms with Gasteiger partial charge in [0.1, 0.15) is 6.04 Å². The third-order valence-corrected chi connectivity index (χ3v) is 3.84. The third-order valence-electron chi connectivity index (χ3n) is 3.62. The van der Waals surface area contributed by atoms with Crippen LogP contribution >= 0.6 is 11.6 Å². The second-order valence-electron chi connectivity index (χ2n) is 5.00. The summed E-state index contributed by atoms with van der Waals surface area (Å²) in [5.74, 6) is -0.519. The van der Waals surface area contributed by atoms with Gasteiger partial charge in [-0.1, -0.05) is 11.6 Å². The molecule has 6 heteroatoms. The number of nitrogens with zero attached hydrogens (tertiary/aromatic N) is 1. The van der Waals surface area contributed by atoms with E-state index in [0.717, 1.165) is 5.56 Å². The number of aliphatic hydroxyl groups excluding tert-OH is 1. The number of carbonyl (C=O) groups excluding carboxylic acids is 2. The predicted molar refractivity (Wildman–Crippen MR) is 70.3 cm³/mol. The number of benzene rings is 1. The molecule has 2 atom stereocenters. The topological polar surface area (TPSA) is 69.6 Å². The molecule has 1 fully saturated rings. The van der Waals surface area contributed by atoms with Crippen LogP contribution in [0.2, 0.25) is 5.02 Å². The van der Waals surface area contributed by atoms with E-state index >= 15 is 0 Å². The van der Waals surface area contributed by atoms with Crippen LogP contribution in [-0.4, -0.2) is 40.5 Å². The number of hydrogen-bond donors (Lipinski definition) is 2. The number of nitrogens with one attached hydrogen (secondary N) is 1. The summed E-state index contributed by atoms with van der Waals surface area (Å²) in [5.41, 5.74) is 1.66. The molecule has 0 aliphatic carbocycles. The third kappa shape index (κ3) is 1.89. The summed E-state index contributed by atoms with van der Waals surface area (Å²) in [4.78, 5) is 26.0. The van der Waals surface area contributed by atoms with Crippen molar-refractivity contribution >= 4 is 29.1 Å². The highest BCUT2D eigenvalue weighted by atomic mass is 35.5. The van der Waals surface area contributed by atoms with Gasteiger partial charge in [0.05, 0.1) is 17.4 Å². The molecule has 5 nitrogen and oxygen atoms in total. The minimum absolute atomic E-state index is 0.182. The average Bonchev–Trinajstić information content (AvgIpc) is 2.69. The Bertz CT molecular complexity index is 587. The maximum Gasteiger partial charge on any atom is 0.256 e. The molecule has 19 heavy (non-hydrogen) atoms. The minimum atomic E-state index is -0.651. The minimum Gasteiger partial charge on any atom is -0.391 e. The summed E-state index contributed by atoms with van der Waals surface area (Å²) in [7, 11) is 0. The van der Waals surface area contributed by atoms with Crippen molar-refractivity contribution in [2.24, 2.45) is 0 Å². The summed E-state index contributed by atoms with van der Waals surface area (Å²) in [6, 6.07) is 2.66. The highest BCUT2D eigenvalue weighted by Crippen LogP contribution is 2.32. The highest BCUT2D eigenvalue weighted by Gasteiger charge is 2.42. The highest BCUT2D eigenvalue weighted by molar-refractivity contribution is 6.31.